The van der Waals surface area contributed by atoms with Crippen molar-refractivity contribution < 1.29 is 0 Å². The number of aromatic nitrogens is 3. The predicted octanol–water partition coefficient (Wildman–Crippen LogP) is 1.51. The fourth-order valence-electron chi connectivity index (χ4n) is 3.28. The molecule has 1 aromatic rings. The molecule has 0 aromatic carbocycles. The Hall–Kier alpha value is -0.940. The van der Waals surface area contributed by atoms with E-state index in [1.165, 1.54) is 32.4 Å². The topological polar surface area (TPSA) is 46.0 Å². The highest BCUT2D eigenvalue weighted by Gasteiger charge is 2.22. The van der Waals surface area contributed by atoms with Crippen molar-refractivity contribution in [3.63, 3.8) is 0 Å². The van der Waals surface area contributed by atoms with E-state index in [1.807, 2.05) is 4.68 Å². The number of likely N-dealkylation sites (tertiary alicyclic amines) is 1. The average molecular weight is 277 g/mol. The predicted molar refractivity (Wildman–Crippen MR) is 79.3 cm³/mol. The molecule has 0 amide bonds. The largest absolute Gasteiger partial charge is 0.308 e. The Balaban J connectivity index is 1.43. The molecule has 2 heterocycles. The van der Waals surface area contributed by atoms with E-state index in [-0.39, 0.29) is 0 Å². The molecule has 2 aliphatic rings. The van der Waals surface area contributed by atoms with E-state index in [0.717, 1.165) is 43.2 Å². The van der Waals surface area contributed by atoms with Crippen molar-refractivity contribution in [2.75, 3.05) is 19.6 Å². The normalized spacial score (nSPS) is 27.9. The molecule has 1 aliphatic heterocycles. The lowest BCUT2D eigenvalue weighted by atomic mass is 9.92. The van der Waals surface area contributed by atoms with Crippen LogP contribution in [0.4, 0.5) is 0 Å². The number of hydrogen-bond donors (Lipinski definition) is 1. The van der Waals surface area contributed by atoms with Crippen LogP contribution in [0.15, 0.2) is 6.20 Å². The Kier molecular flexibility index (Phi) is 4.36. The molecule has 5 heteroatoms. The molecule has 1 N–H and O–H groups in total. The van der Waals surface area contributed by atoms with Crippen LogP contribution < -0.4 is 5.32 Å². The molecule has 0 spiro atoms. The molecule has 2 fully saturated rings. The van der Waals surface area contributed by atoms with Crippen LogP contribution in [0.25, 0.3) is 0 Å². The van der Waals surface area contributed by atoms with Gasteiger partial charge in [0, 0.05) is 38.4 Å². The van der Waals surface area contributed by atoms with Crippen LogP contribution in [0.3, 0.4) is 0 Å². The van der Waals surface area contributed by atoms with E-state index in [0.29, 0.717) is 0 Å². The van der Waals surface area contributed by atoms with Crippen LogP contribution in [0.1, 0.15) is 38.8 Å². The Labute approximate surface area is 121 Å². The average Bonchev–Trinajstić information content (AvgIpc) is 3.12. The summed E-state index contributed by atoms with van der Waals surface area (Å²) in [6, 6.07) is 0.733. The maximum atomic E-state index is 4.24. The van der Waals surface area contributed by atoms with Gasteiger partial charge in [-0.05, 0) is 31.1 Å². The Morgan fingerprint density at radius 1 is 1.20 bits per heavy atom. The quantitative estimate of drug-likeness (QED) is 0.856. The first kappa shape index (κ1) is 14.0. The third-order valence-electron chi connectivity index (χ3n) is 4.33. The number of hydrogen-bond acceptors (Lipinski definition) is 4. The van der Waals surface area contributed by atoms with E-state index in [2.05, 4.69) is 40.6 Å². The molecular weight excluding hydrogens is 250 g/mol. The number of piperidine rings is 1. The van der Waals surface area contributed by atoms with E-state index in [4.69, 9.17) is 0 Å². The highest BCUT2D eigenvalue weighted by atomic mass is 15.4. The van der Waals surface area contributed by atoms with Crippen LogP contribution in [0, 0.1) is 11.8 Å². The van der Waals surface area contributed by atoms with Gasteiger partial charge in [-0.1, -0.05) is 19.1 Å². The molecular formula is C15H27N5. The molecule has 1 aliphatic carbocycles. The van der Waals surface area contributed by atoms with Gasteiger partial charge in [0.25, 0.3) is 0 Å². The first-order chi connectivity index (χ1) is 9.69. The first-order valence-corrected chi connectivity index (χ1v) is 8.04. The van der Waals surface area contributed by atoms with Crippen molar-refractivity contribution in [2.24, 2.45) is 11.8 Å². The molecule has 2 unspecified atom stereocenters. The summed E-state index contributed by atoms with van der Waals surface area (Å²) in [5.74, 6) is 1.65. The lowest BCUT2D eigenvalue weighted by Crippen LogP contribution is -2.40. The van der Waals surface area contributed by atoms with Gasteiger partial charge >= 0.3 is 0 Å². The molecule has 5 nitrogen and oxygen atoms in total. The maximum Gasteiger partial charge on any atom is 0.0964 e. The molecule has 0 radical (unpaired) electrons. The lowest BCUT2D eigenvalue weighted by Gasteiger charge is -2.34. The van der Waals surface area contributed by atoms with E-state index < -0.39 is 0 Å². The van der Waals surface area contributed by atoms with Crippen LogP contribution in [0.2, 0.25) is 0 Å². The summed E-state index contributed by atoms with van der Waals surface area (Å²) < 4.78 is 1.99. The van der Waals surface area contributed by atoms with Gasteiger partial charge in [0.15, 0.2) is 0 Å². The zero-order chi connectivity index (χ0) is 13.9. The zero-order valence-corrected chi connectivity index (χ0v) is 12.8. The first-order valence-electron chi connectivity index (χ1n) is 8.04. The van der Waals surface area contributed by atoms with Crippen molar-refractivity contribution in [2.45, 2.75) is 52.2 Å². The van der Waals surface area contributed by atoms with E-state index in [9.17, 15) is 0 Å². The number of nitrogens with zero attached hydrogens (tertiary/aromatic N) is 4. The smallest absolute Gasteiger partial charge is 0.0964 e. The minimum Gasteiger partial charge on any atom is -0.308 e. The molecule has 112 valence electrons. The summed E-state index contributed by atoms with van der Waals surface area (Å²) >= 11 is 0. The van der Waals surface area contributed by atoms with Crippen LogP contribution >= 0.6 is 0 Å². The second-order valence-corrected chi connectivity index (χ2v) is 6.83. The second-order valence-electron chi connectivity index (χ2n) is 6.83. The lowest BCUT2D eigenvalue weighted by molar-refractivity contribution is 0.135. The second kappa shape index (κ2) is 6.22. The van der Waals surface area contributed by atoms with Gasteiger partial charge in [0.2, 0.25) is 0 Å². The van der Waals surface area contributed by atoms with E-state index in [1.54, 1.807) is 0 Å². The van der Waals surface area contributed by atoms with Gasteiger partial charge in [0.05, 0.1) is 12.2 Å². The number of nitrogens with one attached hydrogen (secondary N) is 1. The Morgan fingerprint density at radius 2 is 1.95 bits per heavy atom. The summed E-state index contributed by atoms with van der Waals surface area (Å²) in [4.78, 5) is 2.57. The molecule has 2 atom stereocenters. The molecule has 0 bridgehead atoms. The maximum absolute atomic E-state index is 4.24. The fourth-order valence-corrected chi connectivity index (χ4v) is 3.28. The summed E-state index contributed by atoms with van der Waals surface area (Å²) in [6.45, 7) is 10.1. The van der Waals surface area contributed by atoms with E-state index >= 15 is 0 Å². The fraction of sp³-hybridized carbons (Fsp3) is 0.867. The van der Waals surface area contributed by atoms with Crippen molar-refractivity contribution in [1.82, 2.24) is 25.2 Å². The minimum absolute atomic E-state index is 0.733. The summed E-state index contributed by atoms with van der Waals surface area (Å²) in [5, 5.41) is 12.0. The zero-order valence-electron chi connectivity index (χ0n) is 12.8. The van der Waals surface area contributed by atoms with Gasteiger partial charge in [-0.25, -0.2) is 0 Å². The van der Waals surface area contributed by atoms with Crippen LogP contribution in [-0.4, -0.2) is 45.6 Å². The summed E-state index contributed by atoms with van der Waals surface area (Å²) in [7, 11) is 0. The highest BCUT2D eigenvalue weighted by Crippen LogP contribution is 2.20. The number of rotatable bonds is 6. The van der Waals surface area contributed by atoms with Gasteiger partial charge in [-0.2, -0.15) is 0 Å². The highest BCUT2D eigenvalue weighted by molar-refractivity contribution is 4.94. The van der Waals surface area contributed by atoms with Crippen molar-refractivity contribution in [1.29, 1.82) is 0 Å². The standard InChI is InChI=1S/C15H27N5/c1-12-7-13(2)10-19(9-12)5-6-20-11-15(17-18-20)8-16-14-3-4-14/h11-14,16H,3-10H2,1-2H3. The van der Waals surface area contributed by atoms with Gasteiger partial charge in [0.1, 0.15) is 0 Å². The monoisotopic (exact) mass is 277 g/mol. The summed E-state index contributed by atoms with van der Waals surface area (Å²) in [6.07, 6.45) is 6.10. The van der Waals surface area contributed by atoms with Crippen LogP contribution in [-0.2, 0) is 13.1 Å². The third-order valence-corrected chi connectivity index (χ3v) is 4.33. The van der Waals surface area contributed by atoms with Gasteiger partial charge in [-0.15, -0.1) is 5.10 Å². The van der Waals surface area contributed by atoms with Crippen molar-refractivity contribution in [3.8, 4) is 0 Å². The van der Waals surface area contributed by atoms with Crippen molar-refractivity contribution in [3.05, 3.63) is 11.9 Å². The Bertz CT molecular complexity index is 416. The van der Waals surface area contributed by atoms with Crippen LogP contribution in [0.5, 0.6) is 0 Å². The van der Waals surface area contributed by atoms with Gasteiger partial charge in [-0.3, -0.25) is 4.68 Å². The Morgan fingerprint density at radius 3 is 2.65 bits per heavy atom. The third kappa shape index (κ3) is 4.03. The molecule has 3 rings (SSSR count). The minimum atomic E-state index is 0.733. The SMILES string of the molecule is CC1CC(C)CN(CCn2cc(CNC3CC3)nn2)C1. The summed E-state index contributed by atoms with van der Waals surface area (Å²) in [5.41, 5.74) is 1.07. The molecule has 1 saturated carbocycles. The van der Waals surface area contributed by atoms with Crippen molar-refractivity contribution >= 4 is 0 Å². The molecule has 20 heavy (non-hydrogen) atoms. The van der Waals surface area contributed by atoms with Gasteiger partial charge < -0.3 is 10.2 Å². The molecule has 1 aromatic heterocycles. The molecule has 1 saturated heterocycles.